The van der Waals surface area contributed by atoms with Gasteiger partial charge in [-0.05, 0) is 30.0 Å². The second-order valence-corrected chi connectivity index (χ2v) is 8.13. The van der Waals surface area contributed by atoms with E-state index in [2.05, 4.69) is 0 Å². The molecule has 0 bridgehead atoms. The monoisotopic (exact) mass is 285 g/mol. The van der Waals surface area contributed by atoms with Crippen molar-refractivity contribution in [1.29, 1.82) is 0 Å². The summed E-state index contributed by atoms with van der Waals surface area (Å²) < 4.78 is 26.0. The van der Waals surface area contributed by atoms with Crippen molar-refractivity contribution in [3.8, 4) is 5.75 Å². The van der Waals surface area contributed by atoms with Crippen molar-refractivity contribution in [2.75, 3.05) is 12.8 Å². The van der Waals surface area contributed by atoms with Crippen molar-refractivity contribution in [2.45, 2.75) is 33.7 Å². The Kier molecular flexibility index (Phi) is 4.63. The van der Waals surface area contributed by atoms with E-state index in [4.69, 9.17) is 0 Å². The maximum atomic E-state index is 12.3. The Morgan fingerprint density at radius 3 is 2.11 bits per heavy atom. The van der Waals surface area contributed by atoms with E-state index in [9.17, 15) is 13.5 Å². The van der Waals surface area contributed by atoms with Gasteiger partial charge in [0.2, 0.25) is 10.0 Å². The molecule has 0 heterocycles. The van der Waals surface area contributed by atoms with Crippen LogP contribution in [-0.4, -0.2) is 30.6 Å². The highest BCUT2D eigenvalue weighted by Gasteiger charge is 2.29. The third kappa shape index (κ3) is 4.51. The Hall–Kier alpha value is -1.07. The van der Waals surface area contributed by atoms with E-state index in [1.165, 1.54) is 4.31 Å². The van der Waals surface area contributed by atoms with Crippen molar-refractivity contribution >= 4 is 10.0 Å². The van der Waals surface area contributed by atoms with Crippen LogP contribution in [0.5, 0.6) is 5.75 Å². The lowest BCUT2D eigenvalue weighted by Gasteiger charge is -2.28. The molecule has 0 aliphatic carbocycles. The average molecular weight is 285 g/mol. The lowest BCUT2D eigenvalue weighted by atomic mass is 10.0. The van der Waals surface area contributed by atoms with E-state index in [1.54, 1.807) is 31.3 Å². The first kappa shape index (κ1) is 16.0. The van der Waals surface area contributed by atoms with E-state index in [0.29, 0.717) is 0 Å². The van der Waals surface area contributed by atoms with E-state index < -0.39 is 10.0 Å². The number of benzene rings is 1. The first-order valence-corrected chi connectivity index (χ1v) is 7.88. The van der Waals surface area contributed by atoms with Gasteiger partial charge in [-0.25, -0.2) is 8.42 Å². The Morgan fingerprint density at radius 2 is 1.68 bits per heavy atom. The zero-order chi connectivity index (χ0) is 14.8. The fraction of sp³-hybridized carbons (Fsp3) is 0.571. The molecule has 0 amide bonds. The average Bonchev–Trinajstić information content (AvgIpc) is 2.25. The van der Waals surface area contributed by atoms with E-state index >= 15 is 0 Å². The topological polar surface area (TPSA) is 57.6 Å². The highest BCUT2D eigenvalue weighted by molar-refractivity contribution is 7.89. The van der Waals surface area contributed by atoms with Crippen LogP contribution in [0.2, 0.25) is 0 Å². The van der Waals surface area contributed by atoms with Crippen LogP contribution < -0.4 is 0 Å². The Labute approximate surface area is 116 Å². The van der Waals surface area contributed by atoms with E-state index in [0.717, 1.165) is 5.56 Å². The Morgan fingerprint density at radius 1 is 1.21 bits per heavy atom. The summed E-state index contributed by atoms with van der Waals surface area (Å²) in [4.78, 5) is 0. The number of rotatable bonds is 4. The summed E-state index contributed by atoms with van der Waals surface area (Å²) in [6.07, 6.45) is 0. The van der Waals surface area contributed by atoms with Crippen LogP contribution in [0.15, 0.2) is 24.3 Å². The molecule has 108 valence electrons. The first-order valence-electron chi connectivity index (χ1n) is 6.27. The van der Waals surface area contributed by atoms with Crippen LogP contribution in [0.1, 0.15) is 39.3 Å². The van der Waals surface area contributed by atoms with Crippen molar-refractivity contribution in [3.05, 3.63) is 29.8 Å². The number of aromatic hydroxyl groups is 1. The first-order chi connectivity index (χ1) is 8.53. The molecule has 1 rings (SSSR count). The molecule has 0 radical (unpaired) electrons. The smallest absolute Gasteiger partial charge is 0.214 e. The molecule has 0 aliphatic heterocycles. The summed E-state index contributed by atoms with van der Waals surface area (Å²) in [6.45, 7) is 7.56. The summed E-state index contributed by atoms with van der Waals surface area (Å²) in [5.74, 6) is 0.287. The number of hydrogen-bond acceptors (Lipinski definition) is 3. The quantitative estimate of drug-likeness (QED) is 0.925. The van der Waals surface area contributed by atoms with Crippen LogP contribution in [0.4, 0.5) is 0 Å². The molecule has 0 aliphatic rings. The van der Waals surface area contributed by atoms with Gasteiger partial charge in [-0.3, -0.25) is 0 Å². The second-order valence-electron chi connectivity index (χ2n) is 6.10. The maximum Gasteiger partial charge on any atom is 0.214 e. The summed E-state index contributed by atoms with van der Waals surface area (Å²) in [5.41, 5.74) is 0.583. The summed E-state index contributed by atoms with van der Waals surface area (Å²) in [6, 6.07) is 6.35. The molecule has 1 aromatic rings. The fourth-order valence-electron chi connectivity index (χ4n) is 1.85. The molecule has 0 saturated carbocycles. The SMILES string of the molecule is CC(c1ccc(O)cc1)N(C)S(=O)(=O)CC(C)(C)C. The third-order valence-electron chi connectivity index (χ3n) is 2.98. The zero-order valence-electron chi connectivity index (χ0n) is 12.2. The molecule has 0 fully saturated rings. The van der Waals surface area contributed by atoms with Crippen LogP contribution in [-0.2, 0) is 10.0 Å². The molecule has 0 saturated heterocycles. The standard InChI is InChI=1S/C14H23NO3S/c1-11(12-6-8-13(16)9-7-12)15(5)19(17,18)10-14(2,3)4/h6-9,11,16H,10H2,1-5H3. The molecule has 1 unspecified atom stereocenters. The molecule has 5 heteroatoms. The molecule has 4 nitrogen and oxygen atoms in total. The molecule has 0 aromatic heterocycles. The second kappa shape index (κ2) is 5.51. The van der Waals surface area contributed by atoms with Crippen LogP contribution in [0.3, 0.4) is 0 Å². The molecular formula is C14H23NO3S. The van der Waals surface area contributed by atoms with Gasteiger partial charge in [0.1, 0.15) is 5.75 Å². The van der Waals surface area contributed by atoms with Gasteiger partial charge in [-0.2, -0.15) is 4.31 Å². The molecule has 0 spiro atoms. The molecule has 1 N–H and O–H groups in total. The number of sulfonamides is 1. The van der Waals surface area contributed by atoms with Crippen molar-refractivity contribution in [2.24, 2.45) is 5.41 Å². The van der Waals surface area contributed by atoms with Gasteiger partial charge >= 0.3 is 0 Å². The molecule has 1 atom stereocenters. The molecular weight excluding hydrogens is 262 g/mol. The molecule has 1 aromatic carbocycles. The molecule has 19 heavy (non-hydrogen) atoms. The van der Waals surface area contributed by atoms with Crippen LogP contribution in [0.25, 0.3) is 0 Å². The van der Waals surface area contributed by atoms with Gasteiger partial charge in [-0.15, -0.1) is 0 Å². The predicted octanol–water partition coefficient (Wildman–Crippen LogP) is 2.76. The van der Waals surface area contributed by atoms with E-state index in [-0.39, 0.29) is 23.0 Å². The summed E-state index contributed by atoms with van der Waals surface area (Å²) in [7, 11) is -1.71. The summed E-state index contributed by atoms with van der Waals surface area (Å²) >= 11 is 0. The lowest BCUT2D eigenvalue weighted by Crippen LogP contribution is -2.35. The Bertz CT molecular complexity index is 515. The normalized spacial score (nSPS) is 14.6. The van der Waals surface area contributed by atoms with Gasteiger partial charge in [0, 0.05) is 13.1 Å². The number of phenols is 1. The van der Waals surface area contributed by atoms with E-state index in [1.807, 2.05) is 27.7 Å². The van der Waals surface area contributed by atoms with Gasteiger partial charge in [0.05, 0.1) is 5.75 Å². The number of phenolic OH excluding ortho intramolecular Hbond substituents is 1. The van der Waals surface area contributed by atoms with Gasteiger partial charge in [0.25, 0.3) is 0 Å². The van der Waals surface area contributed by atoms with Crippen molar-refractivity contribution in [1.82, 2.24) is 4.31 Å². The van der Waals surface area contributed by atoms with Gasteiger partial charge in [0.15, 0.2) is 0 Å². The largest absolute Gasteiger partial charge is 0.508 e. The van der Waals surface area contributed by atoms with Gasteiger partial charge < -0.3 is 5.11 Å². The number of nitrogens with zero attached hydrogens (tertiary/aromatic N) is 1. The van der Waals surface area contributed by atoms with Crippen molar-refractivity contribution < 1.29 is 13.5 Å². The minimum absolute atomic E-state index is 0.110. The zero-order valence-corrected chi connectivity index (χ0v) is 13.0. The lowest BCUT2D eigenvalue weighted by molar-refractivity contribution is 0.378. The highest BCUT2D eigenvalue weighted by Crippen LogP contribution is 2.26. The third-order valence-corrected chi connectivity index (χ3v) is 5.40. The summed E-state index contributed by atoms with van der Waals surface area (Å²) in [5, 5.41) is 9.26. The minimum atomic E-state index is -3.30. The Balaban J connectivity index is 2.93. The van der Waals surface area contributed by atoms with Crippen LogP contribution >= 0.6 is 0 Å². The number of hydrogen-bond donors (Lipinski definition) is 1. The van der Waals surface area contributed by atoms with Crippen molar-refractivity contribution in [3.63, 3.8) is 0 Å². The highest BCUT2D eigenvalue weighted by atomic mass is 32.2. The fourth-order valence-corrected chi connectivity index (χ4v) is 3.75. The minimum Gasteiger partial charge on any atom is -0.508 e. The predicted molar refractivity (Wildman–Crippen MR) is 77.5 cm³/mol. The maximum absolute atomic E-state index is 12.3. The van der Waals surface area contributed by atoms with Crippen LogP contribution in [0, 0.1) is 5.41 Å². The van der Waals surface area contributed by atoms with Gasteiger partial charge in [-0.1, -0.05) is 32.9 Å².